The summed E-state index contributed by atoms with van der Waals surface area (Å²) in [5, 5.41) is 6.49. The van der Waals surface area contributed by atoms with Gasteiger partial charge < -0.3 is 15.5 Å². The Morgan fingerprint density at radius 1 is 1.61 bits per heavy atom. The van der Waals surface area contributed by atoms with Crippen LogP contribution in [0.5, 0.6) is 0 Å². The van der Waals surface area contributed by atoms with Gasteiger partial charge in [0.15, 0.2) is 5.82 Å². The highest BCUT2D eigenvalue weighted by Crippen LogP contribution is 2.22. The number of nitrogens with one attached hydrogen (secondary N) is 2. The fourth-order valence-electron chi connectivity index (χ4n) is 1.83. The van der Waals surface area contributed by atoms with E-state index in [1.807, 2.05) is 6.92 Å². The third kappa shape index (κ3) is 2.64. The number of nitrogens with zero attached hydrogens (tertiary/aromatic N) is 3. The first-order valence-electron chi connectivity index (χ1n) is 5.89. The standard InChI is InChI=1S/C11H16ClN5O/c1-3-13-11-14-6-7(12)9(16-11)15-8-4-5-17(2)10(8)18/h6,8H,3-5H2,1-2H3,(H2,13,14,15,16). The number of rotatable bonds is 4. The van der Waals surface area contributed by atoms with Gasteiger partial charge in [-0.15, -0.1) is 0 Å². The number of hydrogen-bond donors (Lipinski definition) is 2. The number of likely N-dealkylation sites (tertiary alicyclic amines) is 1. The Morgan fingerprint density at radius 2 is 2.39 bits per heavy atom. The lowest BCUT2D eigenvalue weighted by Gasteiger charge is -2.14. The van der Waals surface area contributed by atoms with E-state index >= 15 is 0 Å². The van der Waals surface area contributed by atoms with E-state index in [0.717, 1.165) is 19.5 Å². The van der Waals surface area contributed by atoms with Gasteiger partial charge in [0.2, 0.25) is 11.9 Å². The average Bonchev–Trinajstić information content (AvgIpc) is 2.66. The molecule has 0 bridgehead atoms. The molecule has 6 nitrogen and oxygen atoms in total. The highest BCUT2D eigenvalue weighted by molar-refractivity contribution is 6.32. The summed E-state index contributed by atoms with van der Waals surface area (Å²) in [7, 11) is 1.79. The second-order valence-corrected chi connectivity index (χ2v) is 4.57. The smallest absolute Gasteiger partial charge is 0.244 e. The number of carbonyl (C=O) groups excluding carboxylic acids is 1. The van der Waals surface area contributed by atoms with Crippen LogP contribution in [0.3, 0.4) is 0 Å². The van der Waals surface area contributed by atoms with Crippen LogP contribution in [0.25, 0.3) is 0 Å². The molecule has 1 aromatic rings. The molecule has 1 fully saturated rings. The fraction of sp³-hybridized carbons (Fsp3) is 0.545. The van der Waals surface area contributed by atoms with Gasteiger partial charge in [-0.2, -0.15) is 4.98 Å². The summed E-state index contributed by atoms with van der Waals surface area (Å²) in [4.78, 5) is 21.8. The van der Waals surface area contributed by atoms with Crippen molar-refractivity contribution in [3.8, 4) is 0 Å². The molecular weight excluding hydrogens is 254 g/mol. The number of carbonyl (C=O) groups is 1. The molecule has 1 saturated heterocycles. The Bertz CT molecular complexity index is 453. The van der Waals surface area contributed by atoms with E-state index in [1.165, 1.54) is 6.20 Å². The maximum absolute atomic E-state index is 11.8. The van der Waals surface area contributed by atoms with Gasteiger partial charge >= 0.3 is 0 Å². The van der Waals surface area contributed by atoms with Crippen molar-refractivity contribution in [2.75, 3.05) is 30.8 Å². The highest BCUT2D eigenvalue weighted by Gasteiger charge is 2.29. The van der Waals surface area contributed by atoms with Crippen LogP contribution < -0.4 is 10.6 Å². The van der Waals surface area contributed by atoms with Crippen LogP contribution in [0.4, 0.5) is 11.8 Å². The van der Waals surface area contributed by atoms with Crippen LogP contribution in [0.15, 0.2) is 6.20 Å². The van der Waals surface area contributed by atoms with E-state index in [1.54, 1.807) is 11.9 Å². The Kier molecular flexibility index (Phi) is 3.86. The molecule has 1 aromatic heterocycles. The molecule has 2 rings (SSSR count). The zero-order chi connectivity index (χ0) is 13.1. The number of amides is 1. The van der Waals surface area contributed by atoms with E-state index < -0.39 is 0 Å². The number of anilines is 2. The van der Waals surface area contributed by atoms with Crippen LogP contribution in [0.1, 0.15) is 13.3 Å². The summed E-state index contributed by atoms with van der Waals surface area (Å²) in [6.45, 7) is 3.44. The van der Waals surface area contributed by atoms with Crippen LogP contribution in [-0.4, -0.2) is 47.0 Å². The molecule has 1 unspecified atom stereocenters. The van der Waals surface area contributed by atoms with Crippen molar-refractivity contribution >= 4 is 29.3 Å². The van der Waals surface area contributed by atoms with E-state index in [0.29, 0.717) is 16.8 Å². The molecule has 0 radical (unpaired) electrons. The molecule has 0 aromatic carbocycles. The van der Waals surface area contributed by atoms with E-state index in [4.69, 9.17) is 11.6 Å². The minimum Gasteiger partial charge on any atom is -0.357 e. The minimum absolute atomic E-state index is 0.0645. The van der Waals surface area contributed by atoms with Crippen LogP contribution in [0.2, 0.25) is 5.02 Å². The van der Waals surface area contributed by atoms with Crippen molar-refractivity contribution in [2.24, 2.45) is 0 Å². The highest BCUT2D eigenvalue weighted by atomic mass is 35.5. The van der Waals surface area contributed by atoms with Gasteiger partial charge in [-0.3, -0.25) is 4.79 Å². The monoisotopic (exact) mass is 269 g/mol. The zero-order valence-corrected chi connectivity index (χ0v) is 11.2. The van der Waals surface area contributed by atoms with Crippen molar-refractivity contribution in [2.45, 2.75) is 19.4 Å². The van der Waals surface area contributed by atoms with Crippen LogP contribution in [-0.2, 0) is 4.79 Å². The van der Waals surface area contributed by atoms with Gasteiger partial charge in [-0.1, -0.05) is 11.6 Å². The summed E-state index contributed by atoms with van der Waals surface area (Å²) in [5.41, 5.74) is 0. The Labute approximate surface area is 111 Å². The molecule has 1 atom stereocenters. The summed E-state index contributed by atoms with van der Waals surface area (Å²) in [5.74, 6) is 1.06. The predicted octanol–water partition coefficient (Wildman–Crippen LogP) is 1.20. The number of halogens is 1. The minimum atomic E-state index is -0.253. The second-order valence-electron chi connectivity index (χ2n) is 4.17. The molecular formula is C11H16ClN5O. The Balaban J connectivity index is 2.13. The predicted molar refractivity (Wildman–Crippen MR) is 70.9 cm³/mol. The first-order chi connectivity index (χ1) is 8.61. The van der Waals surface area contributed by atoms with Crippen LogP contribution >= 0.6 is 11.6 Å². The Morgan fingerprint density at radius 3 is 3.00 bits per heavy atom. The lowest BCUT2D eigenvalue weighted by atomic mass is 10.2. The first-order valence-corrected chi connectivity index (χ1v) is 6.27. The molecule has 1 amide bonds. The lowest BCUT2D eigenvalue weighted by Crippen LogP contribution is -2.31. The molecule has 2 N–H and O–H groups in total. The van der Waals surface area contributed by atoms with Gasteiger partial charge in [-0.25, -0.2) is 4.98 Å². The topological polar surface area (TPSA) is 70.2 Å². The third-order valence-corrected chi connectivity index (χ3v) is 3.09. The quantitative estimate of drug-likeness (QED) is 0.860. The normalized spacial score (nSPS) is 19.2. The summed E-state index contributed by atoms with van der Waals surface area (Å²) in [6.07, 6.45) is 2.28. The first kappa shape index (κ1) is 12.9. The van der Waals surface area contributed by atoms with E-state index in [9.17, 15) is 4.79 Å². The lowest BCUT2D eigenvalue weighted by molar-refractivity contribution is -0.127. The second kappa shape index (κ2) is 5.39. The molecule has 0 saturated carbocycles. The molecule has 0 aliphatic carbocycles. The summed E-state index contributed by atoms with van der Waals surface area (Å²) >= 11 is 6.02. The van der Waals surface area contributed by atoms with Gasteiger partial charge in [0.25, 0.3) is 0 Å². The van der Waals surface area contributed by atoms with Gasteiger partial charge in [-0.05, 0) is 13.3 Å². The largest absolute Gasteiger partial charge is 0.357 e. The molecule has 98 valence electrons. The molecule has 1 aliphatic rings. The fourth-order valence-corrected chi connectivity index (χ4v) is 1.98. The van der Waals surface area contributed by atoms with Crippen molar-refractivity contribution in [1.29, 1.82) is 0 Å². The summed E-state index contributed by atoms with van der Waals surface area (Å²) < 4.78 is 0. The van der Waals surface area contributed by atoms with E-state index in [2.05, 4.69) is 20.6 Å². The molecule has 1 aliphatic heterocycles. The number of likely N-dealkylation sites (N-methyl/N-ethyl adjacent to an activating group) is 1. The van der Waals surface area contributed by atoms with Crippen molar-refractivity contribution in [3.63, 3.8) is 0 Å². The SMILES string of the molecule is CCNc1ncc(Cl)c(NC2CCN(C)C2=O)n1. The molecule has 2 heterocycles. The number of hydrogen-bond acceptors (Lipinski definition) is 5. The maximum Gasteiger partial charge on any atom is 0.244 e. The third-order valence-electron chi connectivity index (χ3n) is 2.82. The Hall–Kier alpha value is -1.56. The molecule has 18 heavy (non-hydrogen) atoms. The van der Waals surface area contributed by atoms with Crippen molar-refractivity contribution in [1.82, 2.24) is 14.9 Å². The van der Waals surface area contributed by atoms with Gasteiger partial charge in [0.05, 0.1) is 6.20 Å². The number of aromatic nitrogens is 2. The van der Waals surface area contributed by atoms with Crippen LogP contribution in [0, 0.1) is 0 Å². The zero-order valence-electron chi connectivity index (χ0n) is 10.4. The molecule has 0 spiro atoms. The van der Waals surface area contributed by atoms with Crippen molar-refractivity contribution in [3.05, 3.63) is 11.2 Å². The maximum atomic E-state index is 11.8. The van der Waals surface area contributed by atoms with Gasteiger partial charge in [0, 0.05) is 20.1 Å². The molecule has 7 heteroatoms. The van der Waals surface area contributed by atoms with Crippen molar-refractivity contribution < 1.29 is 4.79 Å². The van der Waals surface area contributed by atoms with Gasteiger partial charge in [0.1, 0.15) is 11.1 Å². The van der Waals surface area contributed by atoms with E-state index in [-0.39, 0.29) is 11.9 Å². The average molecular weight is 270 g/mol. The summed E-state index contributed by atoms with van der Waals surface area (Å²) in [6, 6.07) is -0.253.